The number of aromatic nitrogens is 3. The van der Waals surface area contributed by atoms with E-state index < -0.39 is 11.5 Å². The fraction of sp³-hybridized carbons (Fsp3) is 0.300. The highest BCUT2D eigenvalue weighted by Gasteiger charge is 2.36. The van der Waals surface area contributed by atoms with E-state index in [9.17, 15) is 14.7 Å². The third kappa shape index (κ3) is 3.16. The lowest BCUT2D eigenvalue weighted by molar-refractivity contribution is -0.147. The zero-order chi connectivity index (χ0) is 19.8. The normalized spacial score (nSPS) is 11.6. The molecule has 3 aromatic rings. The fourth-order valence-corrected chi connectivity index (χ4v) is 2.79. The maximum atomic E-state index is 13.2. The number of likely N-dealkylation sites (N-methyl/N-ethyl adjacent to an activating group) is 1. The molecule has 0 spiro atoms. The molecule has 0 saturated carbocycles. The monoisotopic (exact) mass is 366 g/mol. The van der Waals surface area contributed by atoms with E-state index in [0.717, 1.165) is 5.56 Å². The van der Waals surface area contributed by atoms with Gasteiger partial charge < -0.3 is 10.0 Å². The highest BCUT2D eigenvalue weighted by Crippen LogP contribution is 2.27. The SMILES string of the molecule is CCn1ncc2c(C(=O)N(C)C(C)(C)C(=O)O)cc(-c3ccccc3)nc21. The van der Waals surface area contributed by atoms with Crippen LogP contribution in [0.5, 0.6) is 0 Å². The lowest BCUT2D eigenvalue weighted by Crippen LogP contribution is -2.50. The molecule has 0 bridgehead atoms. The summed E-state index contributed by atoms with van der Waals surface area (Å²) < 4.78 is 1.72. The van der Waals surface area contributed by atoms with E-state index in [1.165, 1.54) is 25.8 Å². The molecule has 0 unspecified atom stereocenters. The number of hydrogen-bond donors (Lipinski definition) is 1. The van der Waals surface area contributed by atoms with Crippen molar-refractivity contribution < 1.29 is 14.7 Å². The van der Waals surface area contributed by atoms with Gasteiger partial charge in [0.25, 0.3) is 5.91 Å². The van der Waals surface area contributed by atoms with Crippen LogP contribution in [0.15, 0.2) is 42.6 Å². The van der Waals surface area contributed by atoms with Crippen LogP contribution in [0.2, 0.25) is 0 Å². The number of carbonyl (C=O) groups is 2. The minimum Gasteiger partial charge on any atom is -0.480 e. The van der Waals surface area contributed by atoms with Crippen LogP contribution in [0.3, 0.4) is 0 Å². The van der Waals surface area contributed by atoms with E-state index in [2.05, 4.69) is 10.1 Å². The molecule has 2 aromatic heterocycles. The zero-order valence-electron chi connectivity index (χ0n) is 15.8. The van der Waals surface area contributed by atoms with Gasteiger partial charge in [-0.1, -0.05) is 30.3 Å². The quantitative estimate of drug-likeness (QED) is 0.750. The maximum absolute atomic E-state index is 13.2. The Bertz CT molecular complexity index is 1010. The predicted octanol–water partition coefficient (Wildman–Crippen LogP) is 3.05. The van der Waals surface area contributed by atoms with Gasteiger partial charge in [-0.25, -0.2) is 14.5 Å². The lowest BCUT2D eigenvalue weighted by Gasteiger charge is -2.31. The van der Waals surface area contributed by atoms with Crippen molar-refractivity contribution in [3.8, 4) is 11.3 Å². The van der Waals surface area contributed by atoms with Crippen LogP contribution in [0.4, 0.5) is 0 Å². The first-order chi connectivity index (χ1) is 12.8. The third-order valence-electron chi connectivity index (χ3n) is 4.88. The number of rotatable bonds is 5. The van der Waals surface area contributed by atoms with Crippen LogP contribution in [-0.4, -0.2) is 49.2 Å². The summed E-state index contributed by atoms with van der Waals surface area (Å²) in [5, 5.41) is 14.4. The maximum Gasteiger partial charge on any atom is 0.329 e. The second kappa shape index (κ2) is 6.83. The summed E-state index contributed by atoms with van der Waals surface area (Å²) in [6, 6.07) is 11.3. The first-order valence-corrected chi connectivity index (χ1v) is 8.71. The van der Waals surface area contributed by atoms with Gasteiger partial charge in [-0.2, -0.15) is 5.10 Å². The smallest absolute Gasteiger partial charge is 0.329 e. The fourth-order valence-electron chi connectivity index (χ4n) is 2.79. The Morgan fingerprint density at radius 2 is 1.89 bits per heavy atom. The summed E-state index contributed by atoms with van der Waals surface area (Å²) in [5.41, 5.74) is 1.15. The van der Waals surface area contributed by atoms with E-state index in [-0.39, 0.29) is 5.91 Å². The molecule has 140 valence electrons. The standard InChI is InChI=1S/C20H22N4O3/c1-5-24-17-15(12-21-24)14(18(25)23(4)20(2,3)19(26)27)11-16(22-17)13-9-7-6-8-10-13/h6-12H,5H2,1-4H3,(H,26,27). The van der Waals surface area contributed by atoms with Crippen molar-refractivity contribution >= 4 is 22.9 Å². The Labute approximate surface area is 157 Å². The molecule has 0 fully saturated rings. The minimum absolute atomic E-state index is 0.385. The summed E-state index contributed by atoms with van der Waals surface area (Å²) in [6.07, 6.45) is 1.61. The van der Waals surface area contributed by atoms with Gasteiger partial charge in [0.1, 0.15) is 5.54 Å². The number of nitrogens with zero attached hydrogens (tertiary/aromatic N) is 4. The molecule has 0 atom stereocenters. The second-order valence-corrected chi connectivity index (χ2v) is 6.85. The molecule has 1 aromatic carbocycles. The Morgan fingerprint density at radius 3 is 2.48 bits per heavy atom. The Morgan fingerprint density at radius 1 is 1.22 bits per heavy atom. The first kappa shape index (κ1) is 18.6. The van der Waals surface area contributed by atoms with Gasteiger partial charge in [0.05, 0.1) is 22.8 Å². The van der Waals surface area contributed by atoms with Crippen molar-refractivity contribution in [3.05, 3.63) is 48.2 Å². The van der Waals surface area contributed by atoms with E-state index >= 15 is 0 Å². The summed E-state index contributed by atoms with van der Waals surface area (Å²) in [6.45, 7) is 5.56. The van der Waals surface area contributed by atoms with Crippen molar-refractivity contribution in [1.82, 2.24) is 19.7 Å². The molecule has 0 aliphatic rings. The molecular formula is C20H22N4O3. The summed E-state index contributed by atoms with van der Waals surface area (Å²) in [5.74, 6) is -1.46. The summed E-state index contributed by atoms with van der Waals surface area (Å²) in [4.78, 5) is 30.7. The molecule has 7 heteroatoms. The van der Waals surface area contributed by atoms with Gasteiger partial charge in [-0.3, -0.25) is 4.79 Å². The van der Waals surface area contributed by atoms with Crippen LogP contribution >= 0.6 is 0 Å². The number of amides is 1. The second-order valence-electron chi connectivity index (χ2n) is 6.85. The molecule has 2 heterocycles. The Kier molecular flexibility index (Phi) is 4.70. The topological polar surface area (TPSA) is 88.3 Å². The molecular weight excluding hydrogens is 344 g/mol. The molecule has 0 radical (unpaired) electrons. The lowest BCUT2D eigenvalue weighted by atomic mass is 10.0. The molecule has 0 saturated heterocycles. The summed E-state index contributed by atoms with van der Waals surface area (Å²) >= 11 is 0. The highest BCUT2D eigenvalue weighted by atomic mass is 16.4. The van der Waals surface area contributed by atoms with Crippen LogP contribution in [0.1, 0.15) is 31.1 Å². The van der Waals surface area contributed by atoms with Crippen molar-refractivity contribution in [1.29, 1.82) is 0 Å². The average molecular weight is 366 g/mol. The van der Waals surface area contributed by atoms with Gasteiger partial charge in [0.15, 0.2) is 5.65 Å². The summed E-state index contributed by atoms with van der Waals surface area (Å²) in [7, 11) is 1.50. The Hall–Kier alpha value is -3.22. The number of carbonyl (C=O) groups excluding carboxylic acids is 1. The van der Waals surface area contributed by atoms with Crippen molar-refractivity contribution in [2.24, 2.45) is 0 Å². The predicted molar refractivity (Wildman–Crippen MR) is 102 cm³/mol. The van der Waals surface area contributed by atoms with Gasteiger partial charge >= 0.3 is 5.97 Å². The number of carboxylic acid groups (broad SMARTS) is 1. The van der Waals surface area contributed by atoms with Crippen LogP contribution < -0.4 is 0 Å². The molecule has 0 aliphatic heterocycles. The van der Waals surface area contributed by atoms with E-state index in [0.29, 0.717) is 28.8 Å². The molecule has 1 amide bonds. The van der Waals surface area contributed by atoms with Crippen molar-refractivity contribution in [2.45, 2.75) is 32.9 Å². The third-order valence-corrected chi connectivity index (χ3v) is 4.88. The van der Waals surface area contributed by atoms with Gasteiger partial charge in [0.2, 0.25) is 0 Å². The number of aryl methyl sites for hydroxylation is 1. The molecule has 1 N–H and O–H groups in total. The number of pyridine rings is 1. The van der Waals surface area contributed by atoms with Crippen LogP contribution in [0.25, 0.3) is 22.3 Å². The van der Waals surface area contributed by atoms with Gasteiger partial charge in [0, 0.05) is 19.2 Å². The zero-order valence-corrected chi connectivity index (χ0v) is 15.8. The average Bonchev–Trinajstić information content (AvgIpc) is 3.09. The Balaban J connectivity index is 2.21. The number of hydrogen-bond acceptors (Lipinski definition) is 4. The van der Waals surface area contributed by atoms with Gasteiger partial charge in [-0.05, 0) is 26.8 Å². The van der Waals surface area contributed by atoms with Gasteiger partial charge in [-0.15, -0.1) is 0 Å². The number of aliphatic carboxylic acids is 1. The highest BCUT2D eigenvalue weighted by molar-refractivity contribution is 6.07. The van der Waals surface area contributed by atoms with E-state index in [1.54, 1.807) is 16.9 Å². The largest absolute Gasteiger partial charge is 0.480 e. The first-order valence-electron chi connectivity index (χ1n) is 8.71. The van der Waals surface area contributed by atoms with Crippen molar-refractivity contribution in [2.75, 3.05) is 7.05 Å². The van der Waals surface area contributed by atoms with E-state index in [1.807, 2.05) is 37.3 Å². The van der Waals surface area contributed by atoms with Crippen LogP contribution in [-0.2, 0) is 11.3 Å². The molecule has 0 aliphatic carbocycles. The molecule has 3 rings (SSSR count). The molecule has 7 nitrogen and oxygen atoms in total. The van der Waals surface area contributed by atoms with Crippen molar-refractivity contribution in [3.63, 3.8) is 0 Å². The number of benzene rings is 1. The van der Waals surface area contributed by atoms with E-state index in [4.69, 9.17) is 0 Å². The number of fused-ring (bicyclic) bond motifs is 1. The van der Waals surface area contributed by atoms with Crippen LogP contribution in [0, 0.1) is 0 Å². The number of carboxylic acids is 1. The minimum atomic E-state index is -1.35. The molecule has 27 heavy (non-hydrogen) atoms.